The van der Waals surface area contributed by atoms with E-state index >= 15 is 0 Å². The van der Waals surface area contributed by atoms with Crippen LogP contribution in [0.2, 0.25) is 0 Å². The predicted molar refractivity (Wildman–Crippen MR) is 78.9 cm³/mol. The van der Waals surface area contributed by atoms with Gasteiger partial charge in [0.25, 0.3) is 5.56 Å². The van der Waals surface area contributed by atoms with Crippen molar-refractivity contribution in [1.82, 2.24) is 19.6 Å². The summed E-state index contributed by atoms with van der Waals surface area (Å²) < 4.78 is 1.61. The number of pyridine rings is 1. The van der Waals surface area contributed by atoms with Crippen LogP contribution in [-0.4, -0.2) is 40.5 Å². The summed E-state index contributed by atoms with van der Waals surface area (Å²) in [7, 11) is 2.09. The van der Waals surface area contributed by atoms with Crippen LogP contribution in [0.25, 0.3) is 5.65 Å². The SMILES string of the molecule is Cc1ccc2nc(CN(C)C3CCNC3)cc(=O)n2c1. The van der Waals surface area contributed by atoms with Gasteiger partial charge in [0.2, 0.25) is 0 Å². The number of hydrogen-bond donors (Lipinski definition) is 1. The molecule has 1 fully saturated rings. The quantitative estimate of drug-likeness (QED) is 0.898. The molecule has 2 aromatic heterocycles. The first-order chi connectivity index (χ1) is 9.63. The molecule has 20 heavy (non-hydrogen) atoms. The lowest BCUT2D eigenvalue weighted by Gasteiger charge is -2.22. The highest BCUT2D eigenvalue weighted by Gasteiger charge is 2.19. The lowest BCUT2D eigenvalue weighted by Crippen LogP contribution is -2.33. The molecule has 0 aliphatic carbocycles. The van der Waals surface area contributed by atoms with E-state index in [0.29, 0.717) is 12.6 Å². The number of nitrogens with zero attached hydrogens (tertiary/aromatic N) is 3. The maximum absolute atomic E-state index is 12.1. The first-order valence-electron chi connectivity index (χ1n) is 7.03. The maximum atomic E-state index is 12.1. The third-order valence-electron chi connectivity index (χ3n) is 3.93. The van der Waals surface area contributed by atoms with E-state index in [4.69, 9.17) is 0 Å². The van der Waals surface area contributed by atoms with E-state index < -0.39 is 0 Å². The lowest BCUT2D eigenvalue weighted by atomic mass is 10.2. The summed E-state index contributed by atoms with van der Waals surface area (Å²) in [5.74, 6) is 0. The van der Waals surface area contributed by atoms with E-state index in [1.807, 2.05) is 25.3 Å². The van der Waals surface area contributed by atoms with Crippen LogP contribution in [0.3, 0.4) is 0 Å². The van der Waals surface area contributed by atoms with E-state index in [1.165, 1.54) is 0 Å². The second-order valence-electron chi connectivity index (χ2n) is 5.58. The molecule has 5 heteroatoms. The van der Waals surface area contributed by atoms with Gasteiger partial charge in [0.1, 0.15) is 5.65 Å². The molecule has 0 amide bonds. The summed E-state index contributed by atoms with van der Waals surface area (Å²) in [5, 5.41) is 3.36. The molecule has 0 radical (unpaired) electrons. The van der Waals surface area contributed by atoms with E-state index in [9.17, 15) is 4.79 Å². The highest BCUT2D eigenvalue weighted by Crippen LogP contribution is 2.10. The van der Waals surface area contributed by atoms with Gasteiger partial charge in [0.05, 0.1) is 5.69 Å². The van der Waals surface area contributed by atoms with Gasteiger partial charge in [-0.05, 0) is 38.6 Å². The summed E-state index contributed by atoms with van der Waals surface area (Å²) in [6, 6.07) is 6.06. The molecule has 1 aliphatic heterocycles. The maximum Gasteiger partial charge on any atom is 0.258 e. The third-order valence-corrected chi connectivity index (χ3v) is 3.93. The molecule has 2 aromatic rings. The van der Waals surface area contributed by atoms with Crippen molar-refractivity contribution in [3.63, 3.8) is 0 Å². The number of fused-ring (bicyclic) bond motifs is 1. The van der Waals surface area contributed by atoms with Gasteiger partial charge in [-0.2, -0.15) is 0 Å². The Labute approximate surface area is 118 Å². The smallest absolute Gasteiger partial charge is 0.258 e. The fraction of sp³-hybridized carbons (Fsp3) is 0.467. The molecule has 5 nitrogen and oxygen atoms in total. The van der Waals surface area contributed by atoms with Crippen LogP contribution in [0, 0.1) is 6.92 Å². The molecule has 1 saturated heterocycles. The first-order valence-corrected chi connectivity index (χ1v) is 7.03. The van der Waals surface area contributed by atoms with Crippen LogP contribution >= 0.6 is 0 Å². The molecule has 1 unspecified atom stereocenters. The third kappa shape index (κ3) is 2.59. The molecule has 1 atom stereocenters. The van der Waals surface area contributed by atoms with Crippen molar-refractivity contribution >= 4 is 5.65 Å². The second-order valence-corrected chi connectivity index (χ2v) is 5.58. The van der Waals surface area contributed by atoms with Crippen molar-refractivity contribution in [2.24, 2.45) is 0 Å². The molecule has 106 valence electrons. The van der Waals surface area contributed by atoms with Crippen LogP contribution in [0.15, 0.2) is 29.2 Å². The minimum Gasteiger partial charge on any atom is -0.315 e. The number of hydrogen-bond acceptors (Lipinski definition) is 4. The summed E-state index contributed by atoms with van der Waals surface area (Å²) >= 11 is 0. The Hall–Kier alpha value is -1.72. The van der Waals surface area contributed by atoms with Crippen molar-refractivity contribution < 1.29 is 0 Å². The van der Waals surface area contributed by atoms with E-state index in [0.717, 1.165) is 36.4 Å². The van der Waals surface area contributed by atoms with Gasteiger partial charge in [-0.1, -0.05) is 6.07 Å². The first kappa shape index (κ1) is 13.3. The molecule has 0 bridgehead atoms. The van der Waals surface area contributed by atoms with Crippen LogP contribution in [-0.2, 0) is 6.54 Å². The average Bonchev–Trinajstić information content (AvgIpc) is 2.94. The van der Waals surface area contributed by atoms with Crippen LogP contribution in [0.4, 0.5) is 0 Å². The van der Waals surface area contributed by atoms with Crippen molar-refractivity contribution in [3.8, 4) is 0 Å². The van der Waals surface area contributed by atoms with Crippen LogP contribution in [0.1, 0.15) is 17.7 Å². The number of aryl methyl sites for hydroxylation is 1. The number of aromatic nitrogens is 2. The molecule has 0 spiro atoms. The lowest BCUT2D eigenvalue weighted by molar-refractivity contribution is 0.246. The van der Waals surface area contributed by atoms with Crippen molar-refractivity contribution in [2.45, 2.75) is 25.9 Å². The molecular formula is C15H20N4O. The largest absolute Gasteiger partial charge is 0.315 e. The molecule has 1 aliphatic rings. The average molecular weight is 272 g/mol. The Balaban J connectivity index is 1.88. The Morgan fingerprint density at radius 2 is 2.35 bits per heavy atom. The summed E-state index contributed by atoms with van der Waals surface area (Å²) in [4.78, 5) is 19.0. The standard InChI is InChI=1S/C15H20N4O/c1-11-3-4-14-17-12(7-15(20)19(14)9-11)10-18(2)13-5-6-16-8-13/h3-4,7,9,13,16H,5-6,8,10H2,1-2H3. The Bertz CT molecular complexity index is 673. The van der Waals surface area contributed by atoms with Crippen molar-refractivity contribution in [1.29, 1.82) is 0 Å². The normalized spacial score (nSPS) is 19.1. The monoisotopic (exact) mass is 272 g/mol. The Kier molecular flexibility index (Phi) is 3.54. The number of nitrogens with one attached hydrogen (secondary N) is 1. The Morgan fingerprint density at radius 3 is 3.10 bits per heavy atom. The summed E-state index contributed by atoms with van der Waals surface area (Å²) in [5.41, 5.74) is 2.61. The van der Waals surface area contributed by atoms with Crippen LogP contribution in [0.5, 0.6) is 0 Å². The molecule has 0 saturated carbocycles. The second kappa shape index (κ2) is 5.34. The topological polar surface area (TPSA) is 49.6 Å². The molecular weight excluding hydrogens is 252 g/mol. The number of rotatable bonds is 3. The van der Waals surface area contributed by atoms with Gasteiger partial charge in [0, 0.05) is 31.4 Å². The molecule has 1 N–H and O–H groups in total. The van der Waals surface area contributed by atoms with E-state index in [2.05, 4.69) is 22.2 Å². The fourth-order valence-corrected chi connectivity index (χ4v) is 2.74. The summed E-state index contributed by atoms with van der Waals surface area (Å²) in [6.07, 6.45) is 2.99. The molecule has 0 aromatic carbocycles. The van der Waals surface area contributed by atoms with Crippen molar-refractivity contribution in [2.75, 3.05) is 20.1 Å². The molecule has 3 rings (SSSR count). The minimum atomic E-state index is -0.00773. The van der Waals surface area contributed by atoms with Gasteiger partial charge < -0.3 is 5.32 Å². The molecule has 3 heterocycles. The van der Waals surface area contributed by atoms with Crippen molar-refractivity contribution in [3.05, 3.63) is 46.0 Å². The highest BCUT2D eigenvalue weighted by molar-refractivity contribution is 5.39. The number of likely N-dealkylation sites (N-methyl/N-ethyl adjacent to an activating group) is 1. The van der Waals surface area contributed by atoms with Gasteiger partial charge in [-0.3, -0.25) is 14.1 Å². The van der Waals surface area contributed by atoms with Gasteiger partial charge >= 0.3 is 0 Å². The van der Waals surface area contributed by atoms with Gasteiger partial charge in [-0.15, -0.1) is 0 Å². The summed E-state index contributed by atoms with van der Waals surface area (Å²) in [6.45, 7) is 4.77. The van der Waals surface area contributed by atoms with E-state index in [1.54, 1.807) is 10.5 Å². The van der Waals surface area contributed by atoms with Gasteiger partial charge in [0.15, 0.2) is 0 Å². The zero-order valence-electron chi connectivity index (χ0n) is 12.0. The zero-order valence-corrected chi connectivity index (χ0v) is 12.0. The Morgan fingerprint density at radius 1 is 1.50 bits per heavy atom. The zero-order chi connectivity index (χ0) is 14.1. The minimum absolute atomic E-state index is 0.00773. The highest BCUT2D eigenvalue weighted by atomic mass is 16.1. The predicted octanol–water partition coefficient (Wildman–Crippen LogP) is 0.797. The van der Waals surface area contributed by atoms with Crippen LogP contribution < -0.4 is 10.9 Å². The fourth-order valence-electron chi connectivity index (χ4n) is 2.74. The van der Waals surface area contributed by atoms with E-state index in [-0.39, 0.29) is 5.56 Å². The van der Waals surface area contributed by atoms with Gasteiger partial charge in [-0.25, -0.2) is 4.98 Å².